The Bertz CT molecular complexity index is 565. The maximum absolute atomic E-state index is 12.2. The summed E-state index contributed by atoms with van der Waals surface area (Å²) < 4.78 is 1.63. The molecule has 1 aliphatic heterocycles. The SMILES string of the molecule is C1CCNCC1.O=C(c1ccccc1Br)c1ccccc1Br. The molecule has 0 atom stereocenters. The van der Waals surface area contributed by atoms with E-state index in [0.29, 0.717) is 11.1 Å². The highest BCUT2D eigenvalue weighted by Gasteiger charge is 2.13. The van der Waals surface area contributed by atoms with Crippen LogP contribution in [0.15, 0.2) is 57.5 Å². The summed E-state index contributed by atoms with van der Waals surface area (Å²) in [5, 5.41) is 3.28. The zero-order valence-corrected chi connectivity index (χ0v) is 15.5. The topological polar surface area (TPSA) is 29.1 Å². The molecule has 0 bridgehead atoms. The maximum Gasteiger partial charge on any atom is 0.195 e. The first-order valence-electron chi connectivity index (χ1n) is 7.44. The van der Waals surface area contributed by atoms with Gasteiger partial charge < -0.3 is 5.32 Å². The van der Waals surface area contributed by atoms with E-state index in [0.717, 1.165) is 8.95 Å². The van der Waals surface area contributed by atoms with Crippen LogP contribution in [0.2, 0.25) is 0 Å². The molecule has 22 heavy (non-hydrogen) atoms. The molecule has 0 aromatic heterocycles. The van der Waals surface area contributed by atoms with Gasteiger partial charge in [-0.3, -0.25) is 4.79 Å². The third-order valence-electron chi connectivity index (χ3n) is 3.44. The van der Waals surface area contributed by atoms with Crippen molar-refractivity contribution in [2.45, 2.75) is 19.3 Å². The average Bonchev–Trinajstić information content (AvgIpc) is 2.57. The van der Waals surface area contributed by atoms with Crippen LogP contribution in [0.3, 0.4) is 0 Å². The summed E-state index contributed by atoms with van der Waals surface area (Å²) in [6.45, 7) is 2.50. The van der Waals surface area contributed by atoms with Gasteiger partial charge in [0.25, 0.3) is 0 Å². The largest absolute Gasteiger partial charge is 0.317 e. The number of carbonyl (C=O) groups excluding carboxylic acids is 1. The highest BCUT2D eigenvalue weighted by Crippen LogP contribution is 2.23. The van der Waals surface area contributed by atoms with E-state index in [4.69, 9.17) is 0 Å². The summed E-state index contributed by atoms with van der Waals surface area (Å²) in [5.41, 5.74) is 1.35. The number of piperidine rings is 1. The van der Waals surface area contributed by atoms with Crippen molar-refractivity contribution in [3.63, 3.8) is 0 Å². The molecule has 0 unspecified atom stereocenters. The van der Waals surface area contributed by atoms with Crippen LogP contribution >= 0.6 is 31.9 Å². The van der Waals surface area contributed by atoms with Crippen molar-refractivity contribution >= 4 is 37.6 Å². The summed E-state index contributed by atoms with van der Waals surface area (Å²) >= 11 is 6.77. The zero-order chi connectivity index (χ0) is 15.8. The lowest BCUT2D eigenvalue weighted by Gasteiger charge is -2.08. The van der Waals surface area contributed by atoms with E-state index < -0.39 is 0 Å². The highest BCUT2D eigenvalue weighted by atomic mass is 79.9. The van der Waals surface area contributed by atoms with Gasteiger partial charge in [-0.2, -0.15) is 0 Å². The molecular weight excluding hydrogens is 406 g/mol. The fraction of sp³-hybridized carbons (Fsp3) is 0.278. The number of ketones is 1. The Hall–Kier alpha value is -0.970. The molecule has 116 valence electrons. The van der Waals surface area contributed by atoms with Gasteiger partial charge >= 0.3 is 0 Å². The van der Waals surface area contributed by atoms with Crippen molar-refractivity contribution in [2.24, 2.45) is 0 Å². The Balaban J connectivity index is 0.000000246. The summed E-state index contributed by atoms with van der Waals surface area (Å²) in [4.78, 5) is 12.2. The van der Waals surface area contributed by atoms with Gasteiger partial charge in [0, 0.05) is 20.1 Å². The molecule has 0 amide bonds. The molecule has 1 fully saturated rings. The van der Waals surface area contributed by atoms with E-state index in [-0.39, 0.29) is 5.78 Å². The summed E-state index contributed by atoms with van der Waals surface area (Å²) in [6.07, 6.45) is 4.22. The number of rotatable bonds is 2. The van der Waals surface area contributed by atoms with Gasteiger partial charge in [-0.25, -0.2) is 0 Å². The molecule has 3 rings (SSSR count). The van der Waals surface area contributed by atoms with Gasteiger partial charge in [0.05, 0.1) is 0 Å². The van der Waals surface area contributed by atoms with Crippen molar-refractivity contribution in [3.8, 4) is 0 Å². The molecule has 2 aromatic carbocycles. The molecule has 1 heterocycles. The molecule has 0 saturated carbocycles. The molecule has 1 N–H and O–H groups in total. The third kappa shape index (κ3) is 5.04. The van der Waals surface area contributed by atoms with Crippen LogP contribution in [-0.2, 0) is 0 Å². The first-order chi connectivity index (χ1) is 10.7. The average molecular weight is 425 g/mol. The van der Waals surface area contributed by atoms with Gasteiger partial charge in [0.2, 0.25) is 0 Å². The Labute approximate surface area is 148 Å². The van der Waals surface area contributed by atoms with Crippen molar-refractivity contribution in [1.29, 1.82) is 0 Å². The molecule has 2 aromatic rings. The molecule has 4 heteroatoms. The van der Waals surface area contributed by atoms with Gasteiger partial charge in [-0.1, -0.05) is 62.5 Å². The van der Waals surface area contributed by atoms with E-state index in [2.05, 4.69) is 37.2 Å². The van der Waals surface area contributed by atoms with Gasteiger partial charge in [-0.15, -0.1) is 0 Å². The second kappa shape index (κ2) is 9.23. The van der Waals surface area contributed by atoms with E-state index in [1.54, 1.807) is 0 Å². The molecule has 0 radical (unpaired) electrons. The molecule has 0 spiro atoms. The molecule has 1 aliphatic rings. The fourth-order valence-electron chi connectivity index (χ4n) is 2.24. The monoisotopic (exact) mass is 423 g/mol. The quantitative estimate of drug-likeness (QED) is 0.671. The lowest BCUT2D eigenvalue weighted by atomic mass is 10.0. The Kier molecular flexibility index (Phi) is 7.30. The molecule has 2 nitrogen and oxygen atoms in total. The van der Waals surface area contributed by atoms with Crippen LogP contribution < -0.4 is 5.32 Å². The zero-order valence-electron chi connectivity index (χ0n) is 12.3. The highest BCUT2D eigenvalue weighted by molar-refractivity contribution is 9.11. The standard InChI is InChI=1S/C13H8Br2O.C5H11N/c14-11-7-3-1-5-9(11)13(16)10-6-2-4-8-12(10)15;1-2-4-6-5-3-1/h1-8H;6H,1-5H2. The van der Waals surface area contributed by atoms with E-state index in [9.17, 15) is 4.79 Å². The van der Waals surface area contributed by atoms with Gasteiger partial charge in [0.1, 0.15) is 0 Å². The van der Waals surface area contributed by atoms with Crippen LogP contribution in [0.25, 0.3) is 0 Å². The minimum Gasteiger partial charge on any atom is -0.317 e. The van der Waals surface area contributed by atoms with Crippen molar-refractivity contribution in [3.05, 3.63) is 68.6 Å². The second-order valence-electron chi connectivity index (χ2n) is 5.10. The number of hydrogen-bond acceptors (Lipinski definition) is 2. The van der Waals surface area contributed by atoms with Crippen LogP contribution in [0, 0.1) is 0 Å². The van der Waals surface area contributed by atoms with E-state index in [1.807, 2.05) is 48.5 Å². The first kappa shape index (κ1) is 17.4. The summed E-state index contributed by atoms with van der Waals surface area (Å²) in [5.74, 6) is 0.0138. The minimum absolute atomic E-state index is 0.0138. The first-order valence-corrected chi connectivity index (χ1v) is 9.03. The Morgan fingerprint density at radius 3 is 1.55 bits per heavy atom. The number of nitrogens with one attached hydrogen (secondary N) is 1. The number of halogens is 2. The van der Waals surface area contributed by atoms with Crippen LogP contribution in [0.5, 0.6) is 0 Å². The molecular formula is C18H19Br2NO. The van der Waals surface area contributed by atoms with Crippen LogP contribution in [-0.4, -0.2) is 18.9 Å². The van der Waals surface area contributed by atoms with Crippen molar-refractivity contribution in [1.82, 2.24) is 5.32 Å². The van der Waals surface area contributed by atoms with Crippen LogP contribution in [0.4, 0.5) is 0 Å². The number of carbonyl (C=O) groups is 1. The Morgan fingerprint density at radius 1 is 0.773 bits per heavy atom. The fourth-order valence-corrected chi connectivity index (χ4v) is 3.17. The second-order valence-corrected chi connectivity index (χ2v) is 6.81. The van der Waals surface area contributed by atoms with E-state index in [1.165, 1.54) is 32.4 Å². The lowest BCUT2D eigenvalue weighted by Crippen LogP contribution is -2.21. The summed E-state index contributed by atoms with van der Waals surface area (Å²) in [7, 11) is 0. The normalized spacial score (nSPS) is 13.9. The smallest absolute Gasteiger partial charge is 0.195 e. The molecule has 0 aliphatic carbocycles. The van der Waals surface area contributed by atoms with Crippen molar-refractivity contribution in [2.75, 3.05) is 13.1 Å². The minimum atomic E-state index is 0.0138. The van der Waals surface area contributed by atoms with Gasteiger partial charge in [0.15, 0.2) is 5.78 Å². The number of hydrogen-bond donors (Lipinski definition) is 1. The predicted octanol–water partition coefficient (Wildman–Crippen LogP) is 5.20. The van der Waals surface area contributed by atoms with E-state index >= 15 is 0 Å². The third-order valence-corrected chi connectivity index (χ3v) is 4.83. The predicted molar refractivity (Wildman–Crippen MR) is 98.4 cm³/mol. The van der Waals surface area contributed by atoms with Crippen molar-refractivity contribution < 1.29 is 4.79 Å². The Morgan fingerprint density at radius 2 is 1.23 bits per heavy atom. The lowest BCUT2D eigenvalue weighted by molar-refractivity contribution is 0.103. The maximum atomic E-state index is 12.2. The summed E-state index contributed by atoms with van der Waals surface area (Å²) in [6, 6.07) is 14.8. The number of benzene rings is 2. The van der Waals surface area contributed by atoms with Gasteiger partial charge in [-0.05, 0) is 50.2 Å². The molecule has 1 saturated heterocycles. The van der Waals surface area contributed by atoms with Crippen LogP contribution in [0.1, 0.15) is 35.2 Å².